The van der Waals surface area contributed by atoms with Crippen molar-refractivity contribution in [1.82, 2.24) is 28.2 Å². The fraction of sp³-hybridized carbons (Fsp3) is 0.204. The third kappa shape index (κ3) is 12.3. The minimum Gasteiger partial charge on any atom is -0.396 e. The zero-order valence-electron chi connectivity index (χ0n) is 38.4. The zero-order valence-corrected chi connectivity index (χ0v) is 39.9. The Labute approximate surface area is 408 Å². The maximum atomic E-state index is 13.3. The van der Waals surface area contributed by atoms with Gasteiger partial charge >= 0.3 is 0 Å². The van der Waals surface area contributed by atoms with Crippen molar-refractivity contribution in [2.24, 2.45) is 0 Å². The Balaban J connectivity index is 0.000000147. The van der Waals surface area contributed by atoms with Crippen molar-refractivity contribution in [2.75, 3.05) is 19.8 Å². The molecule has 1 atom stereocenters. The van der Waals surface area contributed by atoms with E-state index in [4.69, 9.17) is 14.9 Å². The minimum absolute atomic E-state index is 0.145. The molecule has 0 aliphatic carbocycles. The Kier molecular flexibility index (Phi) is 16.6. The van der Waals surface area contributed by atoms with Gasteiger partial charge in [-0.3, -0.25) is 14.4 Å². The van der Waals surface area contributed by atoms with Gasteiger partial charge in [-0.05, 0) is 91.0 Å². The number of ether oxygens (including phenoxy) is 1. The number of fused-ring (bicyclic) bond motifs is 3. The summed E-state index contributed by atoms with van der Waals surface area (Å²) < 4.78 is 51.0. The van der Waals surface area contributed by atoms with E-state index in [-0.39, 0.29) is 41.0 Å². The first kappa shape index (κ1) is 50.6. The van der Waals surface area contributed by atoms with Crippen molar-refractivity contribution in [3.05, 3.63) is 212 Å². The molecule has 9 aromatic rings. The highest BCUT2D eigenvalue weighted by Gasteiger charge is 2.31. The van der Waals surface area contributed by atoms with Crippen molar-refractivity contribution < 1.29 is 28.1 Å². The Morgan fingerprint density at radius 2 is 1.09 bits per heavy atom. The van der Waals surface area contributed by atoms with E-state index >= 15 is 0 Å². The van der Waals surface area contributed by atoms with Crippen LogP contribution in [0.25, 0.3) is 55.9 Å². The maximum absolute atomic E-state index is 13.3. The molecule has 3 aromatic carbocycles. The monoisotopic (exact) mass is 1020 g/mol. The summed E-state index contributed by atoms with van der Waals surface area (Å²) >= 11 is 3.35. The quantitative estimate of drug-likeness (QED) is 0.0640. The number of aromatic amines is 3. The van der Waals surface area contributed by atoms with Crippen molar-refractivity contribution in [3.8, 4) is 33.8 Å². The lowest BCUT2D eigenvalue weighted by Gasteiger charge is -2.23. The number of aliphatic hydroxyl groups excluding tert-OH is 2. The molecule has 0 spiro atoms. The van der Waals surface area contributed by atoms with Gasteiger partial charge in [0.2, 0.25) is 0 Å². The molecular formula is C54H52BrF3N6O6. The van der Waals surface area contributed by atoms with E-state index < -0.39 is 17.5 Å². The number of halogens is 4. The predicted molar refractivity (Wildman–Crippen MR) is 272 cm³/mol. The van der Waals surface area contributed by atoms with Gasteiger partial charge in [0, 0.05) is 79.7 Å². The molecule has 10 rings (SSSR count). The summed E-state index contributed by atoms with van der Waals surface area (Å²) in [5.74, 6) is -1.29. The standard InChI is InChI=1S/2C18H17FN2O2.C13H8BrFN2O.C5H10O/c1-18(7-2-8-23-18)13-5-3-12(4-6-13)15-11-21-10-14(19)9-16(21)17(22)20-15;1-12(3-2-8-22)13-4-6-14(7-5-13)16-11-21-10-15(19)9-17(21)18(23)20-16;14-9-3-1-8(2-4-9)11-7-17-6-10(15)5-12(17)13(18)16-11;1-2-3-4-5-6/h3-6,9-11H,2,7-8H2,1H3,(H,20,22);4-7,9-11,22H,1-3,8H2,(H,20,23);1-7H,(H,16,18);2,6H,1,3-5H2. The molecule has 1 unspecified atom stereocenters. The number of hydrogen-bond acceptors (Lipinski definition) is 6. The van der Waals surface area contributed by atoms with Crippen LogP contribution in [0, 0.1) is 17.5 Å². The number of aromatic nitrogens is 6. The van der Waals surface area contributed by atoms with E-state index in [0.717, 1.165) is 76.6 Å². The van der Waals surface area contributed by atoms with Crippen LogP contribution in [-0.2, 0) is 10.3 Å². The van der Waals surface area contributed by atoms with Crippen molar-refractivity contribution in [2.45, 2.75) is 51.0 Å². The van der Waals surface area contributed by atoms with Gasteiger partial charge in [0.05, 0.1) is 22.7 Å². The van der Waals surface area contributed by atoms with Crippen LogP contribution in [0.1, 0.15) is 56.6 Å². The number of aliphatic hydroxyl groups is 2. The summed E-state index contributed by atoms with van der Waals surface area (Å²) in [6.45, 7) is 10.8. The lowest BCUT2D eigenvalue weighted by Crippen LogP contribution is -2.19. The van der Waals surface area contributed by atoms with Crippen LogP contribution in [0.15, 0.2) is 166 Å². The molecule has 16 heteroatoms. The smallest absolute Gasteiger partial charge is 0.272 e. The molecule has 1 fully saturated rings. The van der Waals surface area contributed by atoms with Crippen molar-refractivity contribution >= 4 is 38.1 Å². The van der Waals surface area contributed by atoms with Gasteiger partial charge in [0.15, 0.2) is 0 Å². The van der Waals surface area contributed by atoms with Crippen LogP contribution in [-0.4, -0.2) is 58.2 Å². The third-order valence-corrected chi connectivity index (χ3v) is 12.2. The molecule has 70 heavy (non-hydrogen) atoms. The van der Waals surface area contributed by atoms with Crippen LogP contribution in [0.2, 0.25) is 0 Å². The first-order valence-electron chi connectivity index (χ1n) is 22.5. The highest BCUT2D eigenvalue weighted by Crippen LogP contribution is 2.36. The summed E-state index contributed by atoms with van der Waals surface area (Å²) in [6, 6.07) is 26.8. The average Bonchev–Trinajstić information content (AvgIpc) is 4.17. The SMILES string of the molecule is C=C(CCCO)c1ccc(-c2cn3cc(F)cc3c(=O)[nH]2)cc1.C=CCCCO.CC1(c2ccc(-c3cn4cc(F)cc4c(=O)[nH]3)cc2)CCCO1.O=c1[nH]c(-c2ccc(Br)cc2)cn2cc(F)cc12. The Morgan fingerprint density at radius 3 is 1.46 bits per heavy atom. The first-order chi connectivity index (χ1) is 33.7. The van der Waals surface area contributed by atoms with Crippen LogP contribution in [0.4, 0.5) is 13.2 Å². The average molecular weight is 1020 g/mol. The van der Waals surface area contributed by atoms with Gasteiger partial charge in [-0.25, -0.2) is 13.2 Å². The van der Waals surface area contributed by atoms with Gasteiger partial charge in [-0.1, -0.05) is 89.2 Å². The van der Waals surface area contributed by atoms with E-state index in [1.54, 1.807) is 24.7 Å². The number of allylic oxidation sites excluding steroid dienone is 2. The summed E-state index contributed by atoms with van der Waals surface area (Å²) in [5, 5.41) is 17.0. The van der Waals surface area contributed by atoms with Crippen molar-refractivity contribution in [3.63, 3.8) is 0 Å². The van der Waals surface area contributed by atoms with Gasteiger partial charge in [0.1, 0.15) is 34.0 Å². The lowest BCUT2D eigenvalue weighted by molar-refractivity contribution is 0.0168. The van der Waals surface area contributed by atoms with E-state index in [0.29, 0.717) is 34.5 Å². The second kappa shape index (κ2) is 22.9. The molecule has 5 N–H and O–H groups in total. The van der Waals surface area contributed by atoms with Crippen LogP contribution >= 0.6 is 15.9 Å². The fourth-order valence-corrected chi connectivity index (χ4v) is 8.18. The zero-order chi connectivity index (χ0) is 50.0. The Hall–Kier alpha value is -7.24. The number of nitrogens with one attached hydrogen (secondary N) is 3. The summed E-state index contributed by atoms with van der Waals surface area (Å²) in [7, 11) is 0. The highest BCUT2D eigenvalue weighted by molar-refractivity contribution is 9.10. The summed E-state index contributed by atoms with van der Waals surface area (Å²) in [4.78, 5) is 44.2. The van der Waals surface area contributed by atoms with Crippen molar-refractivity contribution in [1.29, 1.82) is 0 Å². The van der Waals surface area contributed by atoms with Gasteiger partial charge in [-0.2, -0.15) is 0 Å². The van der Waals surface area contributed by atoms with Gasteiger partial charge in [0.25, 0.3) is 16.7 Å². The molecular weight excluding hydrogens is 966 g/mol. The Bertz CT molecular complexity index is 3420. The van der Waals surface area contributed by atoms with E-state index in [9.17, 15) is 27.6 Å². The minimum atomic E-state index is -0.441. The van der Waals surface area contributed by atoms with E-state index in [2.05, 4.69) is 51.0 Å². The largest absolute Gasteiger partial charge is 0.396 e. The molecule has 0 bridgehead atoms. The number of H-pyrrole nitrogens is 3. The number of unbranched alkanes of at least 4 members (excludes halogenated alkanes) is 1. The number of nitrogens with zero attached hydrogens (tertiary/aromatic N) is 3. The fourth-order valence-electron chi connectivity index (χ4n) is 7.91. The molecule has 0 radical (unpaired) electrons. The van der Waals surface area contributed by atoms with Gasteiger partial charge < -0.3 is 43.1 Å². The van der Waals surface area contributed by atoms with Crippen LogP contribution in [0.5, 0.6) is 0 Å². The normalized spacial score (nSPS) is 14.1. The number of benzene rings is 3. The number of rotatable bonds is 11. The molecule has 1 aliphatic rings. The molecule has 362 valence electrons. The second-order valence-electron chi connectivity index (χ2n) is 16.8. The molecule has 12 nitrogen and oxygen atoms in total. The van der Waals surface area contributed by atoms with Crippen LogP contribution in [0.3, 0.4) is 0 Å². The molecule has 6 aromatic heterocycles. The van der Waals surface area contributed by atoms with E-state index in [1.807, 2.05) is 72.8 Å². The highest BCUT2D eigenvalue weighted by atomic mass is 79.9. The lowest BCUT2D eigenvalue weighted by atomic mass is 9.92. The predicted octanol–water partition coefficient (Wildman–Crippen LogP) is 10.8. The maximum Gasteiger partial charge on any atom is 0.272 e. The van der Waals surface area contributed by atoms with E-state index in [1.165, 1.54) is 50.0 Å². The molecule has 1 saturated heterocycles. The number of hydrogen-bond donors (Lipinski definition) is 5. The topological polar surface area (TPSA) is 162 Å². The molecule has 0 amide bonds. The molecule has 1 aliphatic heterocycles. The first-order valence-corrected chi connectivity index (χ1v) is 23.3. The van der Waals surface area contributed by atoms with Crippen LogP contribution < -0.4 is 16.7 Å². The molecule has 0 saturated carbocycles. The third-order valence-electron chi connectivity index (χ3n) is 11.7. The summed E-state index contributed by atoms with van der Waals surface area (Å²) in [5.41, 5.74) is 7.30. The molecule has 7 heterocycles. The van der Waals surface area contributed by atoms with Gasteiger partial charge in [-0.15, -0.1) is 6.58 Å². The second-order valence-corrected chi connectivity index (χ2v) is 17.7. The Morgan fingerprint density at radius 1 is 0.671 bits per heavy atom. The summed E-state index contributed by atoms with van der Waals surface area (Å²) in [6.07, 6.45) is 16.1.